The van der Waals surface area contributed by atoms with Crippen LogP contribution in [0.5, 0.6) is 0 Å². The van der Waals surface area contributed by atoms with Gasteiger partial charge >= 0.3 is 0 Å². The highest BCUT2D eigenvalue weighted by molar-refractivity contribution is 6.42. The normalized spacial score (nSPS) is 11.4. The number of hydrogen-bond donors (Lipinski definition) is 0. The van der Waals surface area contributed by atoms with Crippen molar-refractivity contribution in [1.82, 2.24) is 4.57 Å². The van der Waals surface area contributed by atoms with Crippen molar-refractivity contribution < 1.29 is 4.39 Å². The predicted octanol–water partition coefficient (Wildman–Crippen LogP) is 6.29. The molecular formula is C19H15Cl2FN2. The highest BCUT2D eigenvalue weighted by Crippen LogP contribution is 2.27. The van der Waals surface area contributed by atoms with Gasteiger partial charge in [0.2, 0.25) is 0 Å². The van der Waals surface area contributed by atoms with E-state index in [2.05, 4.69) is 9.56 Å². The number of aliphatic imine (C=N–C) groups is 1. The van der Waals surface area contributed by atoms with Crippen LogP contribution in [0.2, 0.25) is 10.0 Å². The smallest absolute Gasteiger partial charge is 0.123 e. The summed E-state index contributed by atoms with van der Waals surface area (Å²) in [4.78, 5) is 4.46. The fourth-order valence-electron chi connectivity index (χ4n) is 2.62. The standard InChI is InChI=1S/C19H15Cl2FN2/c1-12-9-14(11-23-16-5-8-18(20)19(21)10-16)13(2)24(12)17-6-3-15(22)4-7-17/h3-11H,1-2H3. The van der Waals surface area contributed by atoms with Gasteiger partial charge in [-0.05, 0) is 62.4 Å². The van der Waals surface area contributed by atoms with Crippen LogP contribution in [0.4, 0.5) is 10.1 Å². The van der Waals surface area contributed by atoms with Crippen LogP contribution >= 0.6 is 23.2 Å². The van der Waals surface area contributed by atoms with Crippen molar-refractivity contribution in [3.63, 3.8) is 0 Å². The summed E-state index contributed by atoms with van der Waals surface area (Å²) in [5.74, 6) is -0.248. The van der Waals surface area contributed by atoms with Crippen LogP contribution in [0.1, 0.15) is 17.0 Å². The Morgan fingerprint density at radius 3 is 2.33 bits per heavy atom. The largest absolute Gasteiger partial charge is 0.318 e. The molecule has 122 valence electrons. The van der Waals surface area contributed by atoms with Gasteiger partial charge in [0.05, 0.1) is 15.7 Å². The lowest BCUT2D eigenvalue weighted by atomic mass is 10.2. The van der Waals surface area contributed by atoms with Crippen LogP contribution in [-0.2, 0) is 0 Å². The van der Waals surface area contributed by atoms with Gasteiger partial charge in [0, 0.05) is 28.9 Å². The molecule has 2 nitrogen and oxygen atoms in total. The Balaban J connectivity index is 1.95. The van der Waals surface area contributed by atoms with Crippen molar-refractivity contribution in [2.24, 2.45) is 4.99 Å². The zero-order valence-electron chi connectivity index (χ0n) is 13.2. The van der Waals surface area contributed by atoms with Crippen LogP contribution in [0.25, 0.3) is 5.69 Å². The quantitative estimate of drug-likeness (QED) is 0.488. The van der Waals surface area contributed by atoms with E-state index in [1.54, 1.807) is 30.5 Å². The average molecular weight is 361 g/mol. The summed E-state index contributed by atoms with van der Waals surface area (Å²) >= 11 is 11.9. The molecule has 0 spiro atoms. The van der Waals surface area contributed by atoms with Gasteiger partial charge < -0.3 is 4.57 Å². The number of halogens is 3. The van der Waals surface area contributed by atoms with E-state index < -0.39 is 0 Å². The molecule has 1 aromatic heterocycles. The van der Waals surface area contributed by atoms with Gasteiger partial charge in [0.1, 0.15) is 5.82 Å². The molecule has 0 N–H and O–H groups in total. The second-order valence-corrected chi connectivity index (χ2v) is 6.31. The first-order valence-electron chi connectivity index (χ1n) is 7.39. The summed E-state index contributed by atoms with van der Waals surface area (Å²) in [6.07, 6.45) is 1.79. The Kier molecular flexibility index (Phi) is 4.74. The lowest BCUT2D eigenvalue weighted by molar-refractivity contribution is 0.627. The minimum atomic E-state index is -0.248. The molecule has 0 aliphatic heterocycles. The molecule has 0 atom stereocenters. The second-order valence-electron chi connectivity index (χ2n) is 5.49. The summed E-state index contributed by atoms with van der Waals surface area (Å²) in [5, 5.41) is 0.980. The van der Waals surface area contributed by atoms with Gasteiger partial charge in [0.25, 0.3) is 0 Å². The molecule has 0 unspecified atom stereocenters. The molecule has 1 heterocycles. The number of aromatic nitrogens is 1. The zero-order chi connectivity index (χ0) is 17.3. The van der Waals surface area contributed by atoms with Crippen molar-refractivity contribution >= 4 is 35.1 Å². The van der Waals surface area contributed by atoms with E-state index in [0.717, 1.165) is 28.3 Å². The Hall–Kier alpha value is -2.10. The Morgan fingerprint density at radius 2 is 1.67 bits per heavy atom. The minimum Gasteiger partial charge on any atom is -0.318 e. The molecule has 0 aliphatic carbocycles. The van der Waals surface area contributed by atoms with Gasteiger partial charge in [-0.2, -0.15) is 0 Å². The van der Waals surface area contributed by atoms with Crippen LogP contribution in [0, 0.1) is 19.7 Å². The first-order valence-corrected chi connectivity index (χ1v) is 8.15. The molecule has 2 aromatic carbocycles. The number of nitrogens with zero attached hydrogens (tertiary/aromatic N) is 2. The number of hydrogen-bond acceptors (Lipinski definition) is 1. The summed E-state index contributed by atoms with van der Waals surface area (Å²) in [7, 11) is 0. The van der Waals surface area contributed by atoms with E-state index in [1.807, 2.05) is 26.0 Å². The predicted molar refractivity (Wildman–Crippen MR) is 98.9 cm³/mol. The monoisotopic (exact) mass is 360 g/mol. The first kappa shape index (κ1) is 16.7. The van der Waals surface area contributed by atoms with Crippen LogP contribution < -0.4 is 0 Å². The van der Waals surface area contributed by atoms with Gasteiger partial charge in [-0.25, -0.2) is 4.39 Å². The van der Waals surface area contributed by atoms with E-state index in [1.165, 1.54) is 12.1 Å². The molecule has 5 heteroatoms. The third-order valence-electron chi connectivity index (χ3n) is 3.81. The van der Waals surface area contributed by atoms with E-state index in [9.17, 15) is 4.39 Å². The van der Waals surface area contributed by atoms with Crippen LogP contribution in [0.15, 0.2) is 53.5 Å². The third-order valence-corrected chi connectivity index (χ3v) is 4.55. The molecule has 0 bridgehead atoms. The topological polar surface area (TPSA) is 17.3 Å². The molecule has 0 saturated heterocycles. The Labute approximate surface area is 150 Å². The summed E-state index contributed by atoms with van der Waals surface area (Å²) in [5.41, 5.74) is 4.72. The number of aryl methyl sites for hydroxylation is 1. The molecule has 0 amide bonds. The Morgan fingerprint density at radius 1 is 0.958 bits per heavy atom. The zero-order valence-corrected chi connectivity index (χ0v) is 14.7. The summed E-state index contributed by atoms with van der Waals surface area (Å²) in [6.45, 7) is 4.01. The molecule has 0 saturated carbocycles. The molecule has 24 heavy (non-hydrogen) atoms. The lowest BCUT2D eigenvalue weighted by Crippen LogP contribution is -1.99. The van der Waals surface area contributed by atoms with Crippen LogP contribution in [-0.4, -0.2) is 10.8 Å². The molecule has 0 fully saturated rings. The SMILES string of the molecule is Cc1cc(C=Nc2ccc(Cl)c(Cl)c2)c(C)n1-c1ccc(F)cc1. The first-order chi connectivity index (χ1) is 11.5. The number of benzene rings is 2. The average Bonchev–Trinajstić information content (AvgIpc) is 2.84. The fourth-order valence-corrected chi connectivity index (χ4v) is 2.91. The molecule has 3 aromatic rings. The highest BCUT2D eigenvalue weighted by Gasteiger charge is 2.09. The number of rotatable bonds is 3. The van der Waals surface area contributed by atoms with E-state index >= 15 is 0 Å². The summed E-state index contributed by atoms with van der Waals surface area (Å²) < 4.78 is 15.2. The Bertz CT molecular complexity index is 912. The van der Waals surface area contributed by atoms with Gasteiger partial charge in [-0.3, -0.25) is 4.99 Å². The van der Waals surface area contributed by atoms with Crippen LogP contribution in [0.3, 0.4) is 0 Å². The van der Waals surface area contributed by atoms with Gasteiger partial charge in [-0.15, -0.1) is 0 Å². The maximum Gasteiger partial charge on any atom is 0.123 e. The van der Waals surface area contributed by atoms with Crippen molar-refractivity contribution in [3.8, 4) is 5.69 Å². The lowest BCUT2D eigenvalue weighted by Gasteiger charge is -2.09. The van der Waals surface area contributed by atoms with Crippen molar-refractivity contribution in [2.45, 2.75) is 13.8 Å². The van der Waals surface area contributed by atoms with E-state index in [4.69, 9.17) is 23.2 Å². The highest BCUT2D eigenvalue weighted by atomic mass is 35.5. The third kappa shape index (κ3) is 3.37. The molecule has 3 rings (SSSR count). The maximum absolute atomic E-state index is 13.1. The van der Waals surface area contributed by atoms with Crippen molar-refractivity contribution in [1.29, 1.82) is 0 Å². The summed E-state index contributed by atoms with van der Waals surface area (Å²) in [6, 6.07) is 13.7. The molecule has 0 radical (unpaired) electrons. The van der Waals surface area contributed by atoms with Gasteiger partial charge in [0.15, 0.2) is 0 Å². The van der Waals surface area contributed by atoms with Crippen molar-refractivity contribution in [3.05, 3.63) is 81.3 Å². The molecular weight excluding hydrogens is 346 g/mol. The second kappa shape index (κ2) is 6.80. The minimum absolute atomic E-state index is 0.248. The molecule has 0 aliphatic rings. The van der Waals surface area contributed by atoms with E-state index in [0.29, 0.717) is 10.0 Å². The van der Waals surface area contributed by atoms with Crippen molar-refractivity contribution in [2.75, 3.05) is 0 Å². The fraction of sp³-hybridized carbons (Fsp3) is 0.105. The van der Waals surface area contributed by atoms with E-state index in [-0.39, 0.29) is 5.82 Å². The van der Waals surface area contributed by atoms with Gasteiger partial charge in [-0.1, -0.05) is 23.2 Å². The maximum atomic E-state index is 13.1.